The van der Waals surface area contributed by atoms with E-state index in [0.717, 1.165) is 5.56 Å². The second kappa shape index (κ2) is 5.95. The lowest BCUT2D eigenvalue weighted by Crippen LogP contribution is -2.15. The monoisotopic (exact) mass is 370 g/mol. The van der Waals surface area contributed by atoms with Crippen molar-refractivity contribution in [3.8, 4) is 5.75 Å². The van der Waals surface area contributed by atoms with Crippen molar-refractivity contribution in [2.45, 2.75) is 11.8 Å². The molecule has 3 N–H and O–H groups in total. The highest BCUT2D eigenvalue weighted by atomic mass is 79.9. The van der Waals surface area contributed by atoms with Gasteiger partial charge in [-0.05, 0) is 52.7 Å². The Hall–Kier alpha value is -1.73. The van der Waals surface area contributed by atoms with Crippen LogP contribution in [0.4, 0.5) is 11.4 Å². The van der Waals surface area contributed by atoms with Gasteiger partial charge in [-0.2, -0.15) is 0 Å². The average molecular weight is 371 g/mol. The molecule has 0 spiro atoms. The Labute approximate surface area is 132 Å². The molecule has 0 aliphatic heterocycles. The molecular weight excluding hydrogens is 356 g/mol. The quantitative estimate of drug-likeness (QED) is 0.809. The Kier molecular flexibility index (Phi) is 4.43. The van der Waals surface area contributed by atoms with E-state index in [1.807, 2.05) is 0 Å². The molecule has 0 unspecified atom stereocenters. The molecule has 0 fully saturated rings. The second-order valence-corrected chi connectivity index (χ2v) is 6.95. The standard InChI is InChI=1S/C14H15BrN2O3S/c1-9-7-13(20-2)14(8-11(9)16)21(18,19)17-12-6-4-3-5-10(12)15/h3-8,17H,16H2,1-2H3. The molecule has 0 aliphatic rings. The van der Waals surface area contributed by atoms with Crippen molar-refractivity contribution in [3.63, 3.8) is 0 Å². The molecule has 0 radical (unpaired) electrons. The van der Waals surface area contributed by atoms with Crippen LogP contribution in [0, 0.1) is 6.92 Å². The largest absolute Gasteiger partial charge is 0.495 e. The summed E-state index contributed by atoms with van der Waals surface area (Å²) in [6, 6.07) is 9.94. The summed E-state index contributed by atoms with van der Waals surface area (Å²) >= 11 is 3.30. The number of nitrogens with two attached hydrogens (primary N) is 1. The number of sulfonamides is 1. The summed E-state index contributed by atoms with van der Waals surface area (Å²) in [4.78, 5) is 0.00357. The summed E-state index contributed by atoms with van der Waals surface area (Å²) in [7, 11) is -2.38. The Morgan fingerprint density at radius 2 is 1.90 bits per heavy atom. The lowest BCUT2D eigenvalue weighted by Gasteiger charge is -2.14. The van der Waals surface area contributed by atoms with Crippen molar-refractivity contribution in [2.24, 2.45) is 0 Å². The summed E-state index contributed by atoms with van der Waals surface area (Å²) < 4.78 is 33.4. The molecule has 0 heterocycles. The molecule has 0 atom stereocenters. The van der Waals surface area contributed by atoms with E-state index in [4.69, 9.17) is 10.5 Å². The van der Waals surface area contributed by atoms with Crippen LogP contribution in [-0.4, -0.2) is 15.5 Å². The second-order valence-electron chi connectivity index (χ2n) is 4.45. The van der Waals surface area contributed by atoms with Crippen LogP contribution in [0.25, 0.3) is 0 Å². The molecule has 0 aromatic heterocycles. The van der Waals surface area contributed by atoms with E-state index in [-0.39, 0.29) is 10.6 Å². The molecular formula is C14H15BrN2O3S. The summed E-state index contributed by atoms with van der Waals surface area (Å²) in [5.41, 5.74) is 7.40. The Bertz CT molecular complexity index is 776. The van der Waals surface area contributed by atoms with Crippen molar-refractivity contribution in [1.82, 2.24) is 0 Å². The zero-order chi connectivity index (χ0) is 15.6. The number of nitrogen functional groups attached to an aromatic ring is 1. The minimum Gasteiger partial charge on any atom is -0.495 e. The van der Waals surface area contributed by atoms with Crippen LogP contribution in [0.2, 0.25) is 0 Å². The van der Waals surface area contributed by atoms with E-state index in [2.05, 4.69) is 20.7 Å². The molecule has 2 aromatic rings. The Morgan fingerprint density at radius 1 is 1.24 bits per heavy atom. The Morgan fingerprint density at radius 3 is 2.52 bits per heavy atom. The highest BCUT2D eigenvalue weighted by Crippen LogP contribution is 2.31. The maximum Gasteiger partial charge on any atom is 0.265 e. The number of methoxy groups -OCH3 is 1. The lowest BCUT2D eigenvalue weighted by atomic mass is 10.2. The first-order chi connectivity index (χ1) is 9.85. The van der Waals surface area contributed by atoms with Crippen molar-refractivity contribution in [3.05, 3.63) is 46.4 Å². The van der Waals surface area contributed by atoms with Crippen LogP contribution in [0.15, 0.2) is 45.8 Å². The summed E-state index contributed by atoms with van der Waals surface area (Å²) in [5.74, 6) is 0.251. The van der Waals surface area contributed by atoms with Gasteiger partial charge in [0.05, 0.1) is 12.8 Å². The van der Waals surface area contributed by atoms with E-state index in [1.165, 1.54) is 13.2 Å². The van der Waals surface area contributed by atoms with E-state index >= 15 is 0 Å². The SMILES string of the molecule is COc1cc(C)c(N)cc1S(=O)(=O)Nc1ccccc1Br. The number of para-hydroxylation sites is 1. The van der Waals surface area contributed by atoms with Gasteiger partial charge in [0.1, 0.15) is 10.6 Å². The van der Waals surface area contributed by atoms with Crippen LogP contribution >= 0.6 is 15.9 Å². The third kappa shape index (κ3) is 3.30. The van der Waals surface area contributed by atoms with Gasteiger partial charge in [0, 0.05) is 10.2 Å². The van der Waals surface area contributed by atoms with Gasteiger partial charge in [-0.15, -0.1) is 0 Å². The van der Waals surface area contributed by atoms with Crippen LogP contribution in [0.1, 0.15) is 5.56 Å². The molecule has 21 heavy (non-hydrogen) atoms. The lowest BCUT2D eigenvalue weighted by molar-refractivity contribution is 0.402. The van der Waals surface area contributed by atoms with Crippen LogP contribution in [0.3, 0.4) is 0 Å². The molecule has 112 valence electrons. The van der Waals surface area contributed by atoms with E-state index < -0.39 is 10.0 Å². The van der Waals surface area contributed by atoms with Crippen LogP contribution < -0.4 is 15.2 Å². The van der Waals surface area contributed by atoms with Crippen molar-refractivity contribution in [1.29, 1.82) is 0 Å². The van der Waals surface area contributed by atoms with Gasteiger partial charge in [0.25, 0.3) is 10.0 Å². The predicted molar refractivity (Wildman–Crippen MR) is 87.1 cm³/mol. The molecule has 2 rings (SSSR count). The van der Waals surface area contributed by atoms with E-state index in [0.29, 0.717) is 15.8 Å². The molecule has 5 nitrogen and oxygen atoms in total. The van der Waals surface area contributed by atoms with E-state index in [9.17, 15) is 8.42 Å². The first kappa shape index (κ1) is 15.7. The summed E-state index contributed by atoms with van der Waals surface area (Å²) in [6.45, 7) is 1.79. The molecule has 0 amide bonds. The smallest absolute Gasteiger partial charge is 0.265 e. The molecule has 0 saturated heterocycles. The van der Waals surface area contributed by atoms with Crippen LogP contribution in [-0.2, 0) is 10.0 Å². The number of halogens is 1. The molecule has 0 bridgehead atoms. The number of hydrogen-bond acceptors (Lipinski definition) is 4. The Balaban J connectivity index is 2.50. The fraction of sp³-hybridized carbons (Fsp3) is 0.143. The number of rotatable bonds is 4. The van der Waals surface area contributed by atoms with Crippen molar-refractivity contribution < 1.29 is 13.2 Å². The fourth-order valence-electron chi connectivity index (χ4n) is 1.79. The van der Waals surface area contributed by atoms with Crippen LogP contribution in [0.5, 0.6) is 5.75 Å². The first-order valence-electron chi connectivity index (χ1n) is 6.06. The number of anilines is 2. The zero-order valence-electron chi connectivity index (χ0n) is 11.6. The van der Waals surface area contributed by atoms with Gasteiger partial charge in [0.15, 0.2) is 0 Å². The number of hydrogen-bond donors (Lipinski definition) is 2. The maximum atomic E-state index is 12.5. The molecule has 7 heteroatoms. The molecule has 0 saturated carbocycles. The average Bonchev–Trinajstić information content (AvgIpc) is 2.43. The highest BCUT2D eigenvalue weighted by Gasteiger charge is 2.21. The van der Waals surface area contributed by atoms with E-state index in [1.54, 1.807) is 37.3 Å². The third-order valence-corrected chi connectivity index (χ3v) is 5.04. The summed E-state index contributed by atoms with van der Waals surface area (Å²) in [5, 5.41) is 0. The number of nitrogens with one attached hydrogen (secondary N) is 1. The zero-order valence-corrected chi connectivity index (χ0v) is 14.0. The fourth-order valence-corrected chi connectivity index (χ4v) is 3.57. The maximum absolute atomic E-state index is 12.5. The number of aryl methyl sites for hydroxylation is 1. The summed E-state index contributed by atoms with van der Waals surface area (Å²) in [6.07, 6.45) is 0. The first-order valence-corrected chi connectivity index (χ1v) is 8.34. The van der Waals surface area contributed by atoms with Crippen molar-refractivity contribution >= 4 is 37.3 Å². The predicted octanol–water partition coefficient (Wildman–Crippen LogP) is 3.15. The topological polar surface area (TPSA) is 81.4 Å². The highest BCUT2D eigenvalue weighted by molar-refractivity contribution is 9.10. The minimum absolute atomic E-state index is 0.00357. The molecule has 2 aromatic carbocycles. The normalized spacial score (nSPS) is 11.2. The van der Waals surface area contributed by atoms with Gasteiger partial charge in [0.2, 0.25) is 0 Å². The van der Waals surface area contributed by atoms with Crippen molar-refractivity contribution in [2.75, 3.05) is 17.6 Å². The van der Waals surface area contributed by atoms with Gasteiger partial charge in [-0.3, -0.25) is 4.72 Å². The van der Waals surface area contributed by atoms with Gasteiger partial charge >= 0.3 is 0 Å². The minimum atomic E-state index is -3.80. The molecule has 0 aliphatic carbocycles. The van der Waals surface area contributed by atoms with Gasteiger partial charge in [-0.1, -0.05) is 12.1 Å². The number of benzene rings is 2. The van der Waals surface area contributed by atoms with Gasteiger partial charge in [-0.25, -0.2) is 8.42 Å². The third-order valence-electron chi connectivity index (χ3n) is 2.96. The van der Waals surface area contributed by atoms with Gasteiger partial charge < -0.3 is 10.5 Å². The number of ether oxygens (including phenoxy) is 1.